The van der Waals surface area contributed by atoms with Crippen molar-refractivity contribution < 1.29 is 19.1 Å². The summed E-state index contributed by atoms with van der Waals surface area (Å²) in [5.74, 6) is -0.988. The van der Waals surface area contributed by atoms with Gasteiger partial charge in [0.05, 0.1) is 0 Å². The van der Waals surface area contributed by atoms with Crippen LogP contribution in [0.2, 0.25) is 0 Å². The molecule has 0 spiro atoms. The second-order valence-electron chi connectivity index (χ2n) is 5.52. The predicted molar refractivity (Wildman–Crippen MR) is 102 cm³/mol. The largest absolute Gasteiger partial charge is 0.454 e. The molecule has 6 heteroatoms. The third-order valence-corrected chi connectivity index (χ3v) is 3.97. The molecule has 0 atom stereocenters. The molecule has 26 heavy (non-hydrogen) atoms. The molecule has 0 heterocycles. The van der Waals surface area contributed by atoms with Gasteiger partial charge in [0.2, 0.25) is 5.91 Å². The fraction of sp³-hybridized carbons (Fsp3) is 0.150. The highest BCUT2D eigenvalue weighted by atomic mass is 79.9. The Kier molecular flexibility index (Phi) is 7.29. The number of rotatable bonds is 7. The Morgan fingerprint density at radius 2 is 1.69 bits per heavy atom. The zero-order valence-electron chi connectivity index (χ0n) is 14.2. The Hall–Kier alpha value is -2.73. The summed E-state index contributed by atoms with van der Waals surface area (Å²) in [6, 6.07) is 14.2. The first kappa shape index (κ1) is 19.6. The van der Waals surface area contributed by atoms with Gasteiger partial charge in [-0.1, -0.05) is 52.3 Å². The minimum Gasteiger partial charge on any atom is -0.454 e. The highest BCUT2D eigenvalue weighted by molar-refractivity contribution is 9.10. The second-order valence-corrected chi connectivity index (χ2v) is 6.44. The van der Waals surface area contributed by atoms with Gasteiger partial charge in [0.1, 0.15) is 0 Å². The molecule has 0 aliphatic rings. The molecule has 1 N–H and O–H groups in total. The monoisotopic (exact) mass is 415 g/mol. The Balaban J connectivity index is 1.82. The lowest BCUT2D eigenvalue weighted by atomic mass is 10.1. The van der Waals surface area contributed by atoms with Crippen molar-refractivity contribution in [3.05, 3.63) is 75.8 Å². The number of Topliss-reactive ketones (excluding diaryl/α,β-unsaturated/α-hetero) is 1. The molecule has 5 nitrogen and oxygen atoms in total. The van der Waals surface area contributed by atoms with E-state index in [0.717, 1.165) is 15.6 Å². The summed E-state index contributed by atoms with van der Waals surface area (Å²) in [5.41, 5.74) is 2.18. The molecule has 0 bridgehead atoms. The summed E-state index contributed by atoms with van der Waals surface area (Å²) in [5, 5.41) is 2.68. The van der Waals surface area contributed by atoms with Crippen molar-refractivity contribution in [2.75, 3.05) is 6.61 Å². The number of hydrogen-bond acceptors (Lipinski definition) is 4. The van der Waals surface area contributed by atoms with Crippen LogP contribution >= 0.6 is 15.9 Å². The molecule has 0 aliphatic heterocycles. The van der Waals surface area contributed by atoms with Crippen molar-refractivity contribution in [3.8, 4) is 0 Å². The first-order valence-corrected chi connectivity index (χ1v) is 8.70. The highest BCUT2D eigenvalue weighted by Gasteiger charge is 2.08. The minimum atomic E-state index is -0.580. The number of benzene rings is 2. The van der Waals surface area contributed by atoms with E-state index in [0.29, 0.717) is 12.1 Å². The number of esters is 1. The maximum Gasteiger partial charge on any atom is 0.331 e. The van der Waals surface area contributed by atoms with Gasteiger partial charge in [0.25, 0.3) is 0 Å². The lowest BCUT2D eigenvalue weighted by Gasteiger charge is -2.05. The van der Waals surface area contributed by atoms with Crippen LogP contribution in [0.3, 0.4) is 0 Å². The van der Waals surface area contributed by atoms with Crippen LogP contribution in [0.1, 0.15) is 28.4 Å². The zero-order valence-corrected chi connectivity index (χ0v) is 15.8. The molecule has 0 aliphatic carbocycles. The summed E-state index contributed by atoms with van der Waals surface area (Å²) >= 11 is 3.34. The number of nitrogens with one attached hydrogen (secondary N) is 1. The van der Waals surface area contributed by atoms with Crippen LogP contribution in [-0.2, 0) is 20.9 Å². The van der Waals surface area contributed by atoms with E-state index in [9.17, 15) is 14.4 Å². The van der Waals surface area contributed by atoms with Crippen molar-refractivity contribution in [2.45, 2.75) is 13.5 Å². The maximum absolute atomic E-state index is 12.1. The number of ketones is 1. The van der Waals surface area contributed by atoms with Crippen molar-refractivity contribution in [3.63, 3.8) is 0 Å². The van der Waals surface area contributed by atoms with Gasteiger partial charge >= 0.3 is 5.97 Å². The summed E-state index contributed by atoms with van der Waals surface area (Å²) in [6.07, 6.45) is 2.91. The fourth-order valence-electron chi connectivity index (χ4n) is 2.04. The van der Waals surface area contributed by atoms with Crippen molar-refractivity contribution in [2.24, 2.45) is 0 Å². The minimum absolute atomic E-state index is 0.117. The number of hydrogen-bond donors (Lipinski definition) is 1. The fourth-order valence-corrected chi connectivity index (χ4v) is 2.31. The molecule has 2 aromatic rings. The smallest absolute Gasteiger partial charge is 0.331 e. The Morgan fingerprint density at radius 1 is 1.04 bits per heavy atom. The van der Waals surface area contributed by atoms with Crippen LogP contribution in [-0.4, -0.2) is 24.3 Å². The maximum atomic E-state index is 12.1. The molecule has 0 radical (unpaired) electrons. The first-order valence-electron chi connectivity index (χ1n) is 7.91. The highest BCUT2D eigenvalue weighted by Crippen LogP contribution is 2.11. The molecule has 0 saturated heterocycles. The molecule has 1 amide bonds. The van der Waals surface area contributed by atoms with Crippen LogP contribution in [0, 0.1) is 0 Å². The van der Waals surface area contributed by atoms with Crippen molar-refractivity contribution in [1.82, 2.24) is 5.32 Å². The molecular weight excluding hydrogens is 398 g/mol. The average Bonchev–Trinajstić information content (AvgIpc) is 2.64. The zero-order chi connectivity index (χ0) is 18.9. The number of halogens is 1. The number of carbonyl (C=O) groups is 3. The van der Waals surface area contributed by atoms with Gasteiger partial charge in [0.15, 0.2) is 12.4 Å². The van der Waals surface area contributed by atoms with E-state index in [1.165, 1.54) is 13.0 Å². The van der Waals surface area contributed by atoms with E-state index >= 15 is 0 Å². The standard InChI is InChI=1S/C20H18BrNO4/c1-14(23)22-12-16-2-7-17(8-3-16)19(24)13-26-20(25)11-6-15-4-9-18(21)10-5-15/h2-11H,12-13H2,1H3,(H,22,23)/b11-6+. The third-order valence-electron chi connectivity index (χ3n) is 3.44. The van der Waals surface area contributed by atoms with E-state index in [4.69, 9.17) is 4.74 Å². The molecular formula is C20H18BrNO4. The lowest BCUT2D eigenvalue weighted by Crippen LogP contribution is -2.19. The van der Waals surface area contributed by atoms with Crippen LogP contribution in [0.15, 0.2) is 59.1 Å². The molecule has 0 saturated carbocycles. The summed E-state index contributed by atoms with van der Waals surface area (Å²) in [6.45, 7) is 1.52. The Bertz CT molecular complexity index is 811. The Morgan fingerprint density at radius 3 is 2.31 bits per heavy atom. The SMILES string of the molecule is CC(=O)NCc1ccc(C(=O)COC(=O)/C=C/c2ccc(Br)cc2)cc1. The lowest BCUT2D eigenvalue weighted by molar-refractivity contribution is -0.136. The number of carbonyl (C=O) groups excluding carboxylic acids is 3. The average molecular weight is 416 g/mol. The quantitative estimate of drug-likeness (QED) is 0.426. The second kappa shape index (κ2) is 9.68. The van der Waals surface area contributed by atoms with Crippen molar-refractivity contribution in [1.29, 1.82) is 0 Å². The van der Waals surface area contributed by atoms with Gasteiger partial charge in [-0.2, -0.15) is 0 Å². The van der Waals surface area contributed by atoms with Gasteiger partial charge < -0.3 is 10.1 Å². The van der Waals surface area contributed by atoms with Crippen LogP contribution in [0.5, 0.6) is 0 Å². The van der Waals surface area contributed by atoms with E-state index in [2.05, 4.69) is 21.2 Å². The molecule has 2 rings (SSSR count). The molecule has 0 unspecified atom stereocenters. The van der Waals surface area contributed by atoms with Crippen LogP contribution in [0.4, 0.5) is 0 Å². The Labute approximate surface area is 160 Å². The third kappa shape index (κ3) is 6.64. The molecule has 0 fully saturated rings. The van der Waals surface area contributed by atoms with E-state index < -0.39 is 5.97 Å². The molecule has 134 valence electrons. The summed E-state index contributed by atoms with van der Waals surface area (Å²) in [7, 11) is 0. The van der Waals surface area contributed by atoms with Crippen molar-refractivity contribution >= 4 is 39.7 Å². The van der Waals surface area contributed by atoms with Crippen LogP contribution < -0.4 is 5.32 Å². The van der Waals surface area contributed by atoms with Crippen LogP contribution in [0.25, 0.3) is 6.08 Å². The van der Waals surface area contributed by atoms with E-state index in [1.807, 2.05) is 24.3 Å². The number of ether oxygens (including phenoxy) is 1. The molecule has 0 aromatic heterocycles. The summed E-state index contributed by atoms with van der Waals surface area (Å²) < 4.78 is 5.92. The molecule has 2 aromatic carbocycles. The first-order chi connectivity index (χ1) is 12.4. The predicted octanol–water partition coefficient (Wildman–Crippen LogP) is 3.52. The van der Waals surface area contributed by atoms with E-state index in [-0.39, 0.29) is 18.3 Å². The van der Waals surface area contributed by atoms with Gasteiger partial charge in [-0.15, -0.1) is 0 Å². The van der Waals surface area contributed by atoms with Gasteiger partial charge in [-0.25, -0.2) is 4.79 Å². The van der Waals surface area contributed by atoms with Gasteiger partial charge in [-0.3, -0.25) is 9.59 Å². The van der Waals surface area contributed by atoms with Gasteiger partial charge in [0, 0.05) is 29.6 Å². The summed E-state index contributed by atoms with van der Waals surface area (Å²) in [4.78, 5) is 34.7. The van der Waals surface area contributed by atoms with E-state index in [1.54, 1.807) is 30.3 Å². The topological polar surface area (TPSA) is 72.5 Å². The number of amides is 1. The van der Waals surface area contributed by atoms with Gasteiger partial charge in [-0.05, 0) is 29.3 Å². The normalized spacial score (nSPS) is 10.5.